The number of aromatic nitrogens is 3. The zero-order valence-electron chi connectivity index (χ0n) is 14.9. The zero-order chi connectivity index (χ0) is 18.5. The molecular formula is C18H23N5O2S. The molecule has 1 aliphatic carbocycles. The van der Waals surface area contributed by atoms with Crippen molar-refractivity contribution in [1.82, 2.24) is 25.4 Å². The number of benzene rings is 1. The number of nitrogens with one attached hydrogen (secondary N) is 2. The van der Waals surface area contributed by atoms with Gasteiger partial charge in [-0.15, -0.1) is 5.10 Å². The third-order valence-electron chi connectivity index (χ3n) is 4.01. The Morgan fingerprint density at radius 1 is 1.31 bits per heavy atom. The Hall–Kier alpha value is -2.35. The third-order valence-corrected chi connectivity index (χ3v) is 4.85. The summed E-state index contributed by atoms with van der Waals surface area (Å²) < 4.78 is 1.87. The number of likely N-dealkylation sites (N-methyl/N-ethyl adjacent to an activating group) is 1. The molecule has 7 nitrogen and oxygen atoms in total. The van der Waals surface area contributed by atoms with Crippen molar-refractivity contribution in [2.45, 2.75) is 43.8 Å². The average molecular weight is 373 g/mol. The number of para-hydroxylation sites is 1. The fourth-order valence-electron chi connectivity index (χ4n) is 2.54. The number of rotatable bonds is 8. The molecule has 3 rings (SSSR count). The number of thioether (sulfide) groups is 1. The van der Waals surface area contributed by atoms with Crippen LogP contribution < -0.4 is 10.6 Å². The normalized spacial score (nSPS) is 14.7. The van der Waals surface area contributed by atoms with Gasteiger partial charge in [0.2, 0.25) is 17.0 Å². The molecule has 8 heteroatoms. The number of hydrogen-bond acceptors (Lipinski definition) is 5. The molecule has 0 saturated heterocycles. The summed E-state index contributed by atoms with van der Waals surface area (Å²) in [6.45, 7) is 4.05. The molecule has 1 aromatic carbocycles. The minimum Gasteiger partial charge on any atom is -0.355 e. The third kappa shape index (κ3) is 4.63. The molecule has 0 unspecified atom stereocenters. The average Bonchev–Trinajstić information content (AvgIpc) is 3.40. The Balaban J connectivity index is 1.62. The molecule has 0 spiro atoms. The van der Waals surface area contributed by atoms with Gasteiger partial charge in [-0.2, -0.15) is 0 Å². The van der Waals surface area contributed by atoms with Gasteiger partial charge in [0, 0.05) is 12.5 Å². The molecular weight excluding hydrogens is 350 g/mol. The molecule has 1 heterocycles. The van der Waals surface area contributed by atoms with Crippen LogP contribution in [0.15, 0.2) is 35.5 Å². The molecule has 26 heavy (non-hydrogen) atoms. The van der Waals surface area contributed by atoms with Gasteiger partial charge in [-0.05, 0) is 38.8 Å². The highest BCUT2D eigenvalue weighted by atomic mass is 32.2. The maximum Gasteiger partial charge on any atom is 0.242 e. The lowest BCUT2D eigenvalue weighted by Crippen LogP contribution is -2.45. The van der Waals surface area contributed by atoms with Gasteiger partial charge >= 0.3 is 0 Å². The molecule has 2 N–H and O–H groups in total. The fourth-order valence-corrected chi connectivity index (χ4v) is 3.18. The Kier molecular flexibility index (Phi) is 5.92. The molecule has 138 valence electrons. The lowest BCUT2D eigenvalue weighted by Gasteiger charge is -2.12. The summed E-state index contributed by atoms with van der Waals surface area (Å²) in [6, 6.07) is 9.34. The van der Waals surface area contributed by atoms with Crippen LogP contribution in [0.1, 0.15) is 38.4 Å². The van der Waals surface area contributed by atoms with E-state index in [1.54, 1.807) is 6.92 Å². The number of carbonyl (C=O) groups is 2. The maximum atomic E-state index is 12.1. The topological polar surface area (TPSA) is 88.9 Å². The number of amides is 2. The van der Waals surface area contributed by atoms with Crippen molar-refractivity contribution in [3.05, 3.63) is 36.2 Å². The summed E-state index contributed by atoms with van der Waals surface area (Å²) in [5, 5.41) is 10.5. The number of nitrogens with zero attached hydrogens (tertiary/aromatic N) is 3. The fraction of sp³-hybridized carbons (Fsp3) is 0.444. The lowest BCUT2D eigenvalue weighted by atomic mass is 10.3. The van der Waals surface area contributed by atoms with E-state index in [0.29, 0.717) is 17.6 Å². The molecule has 0 bridgehead atoms. The Morgan fingerprint density at radius 3 is 2.69 bits per heavy atom. The van der Waals surface area contributed by atoms with Gasteiger partial charge in [0.15, 0.2) is 0 Å². The predicted octanol–water partition coefficient (Wildman–Crippen LogP) is 1.88. The van der Waals surface area contributed by atoms with Crippen molar-refractivity contribution in [3.8, 4) is 5.69 Å². The van der Waals surface area contributed by atoms with E-state index in [9.17, 15) is 9.59 Å². The second kappa shape index (κ2) is 8.35. The van der Waals surface area contributed by atoms with Crippen molar-refractivity contribution in [1.29, 1.82) is 0 Å². The lowest BCUT2D eigenvalue weighted by molar-refractivity contribution is -0.127. The molecule has 1 aromatic heterocycles. The highest BCUT2D eigenvalue weighted by Gasteiger charge is 2.30. The van der Waals surface area contributed by atoms with Gasteiger partial charge in [0.05, 0.1) is 11.4 Å². The Bertz CT molecular complexity index is 773. The molecule has 1 fully saturated rings. The van der Waals surface area contributed by atoms with Crippen LogP contribution in [0.3, 0.4) is 0 Å². The van der Waals surface area contributed by atoms with E-state index < -0.39 is 6.04 Å². The van der Waals surface area contributed by atoms with Crippen molar-refractivity contribution < 1.29 is 9.59 Å². The molecule has 2 aromatic rings. The first-order valence-electron chi connectivity index (χ1n) is 8.80. The molecule has 0 radical (unpaired) electrons. The minimum atomic E-state index is -0.556. The molecule has 0 aliphatic heterocycles. The summed E-state index contributed by atoms with van der Waals surface area (Å²) in [6.07, 6.45) is 2.25. The van der Waals surface area contributed by atoms with Gasteiger partial charge in [0.25, 0.3) is 0 Å². The van der Waals surface area contributed by atoms with Crippen LogP contribution >= 0.6 is 11.8 Å². The van der Waals surface area contributed by atoms with E-state index in [4.69, 9.17) is 0 Å². The van der Waals surface area contributed by atoms with Crippen molar-refractivity contribution in [3.63, 3.8) is 0 Å². The smallest absolute Gasteiger partial charge is 0.242 e. The van der Waals surface area contributed by atoms with Gasteiger partial charge in [-0.1, -0.05) is 30.0 Å². The summed E-state index contributed by atoms with van der Waals surface area (Å²) in [5.74, 6) is 1.18. The highest BCUT2D eigenvalue weighted by molar-refractivity contribution is 7.99. The van der Waals surface area contributed by atoms with Crippen molar-refractivity contribution >= 4 is 23.6 Å². The van der Waals surface area contributed by atoms with Crippen molar-refractivity contribution in [2.24, 2.45) is 0 Å². The molecule has 1 atom stereocenters. The maximum absolute atomic E-state index is 12.1. The summed E-state index contributed by atoms with van der Waals surface area (Å²) in [5.41, 5.74) is 0.975. The molecule has 1 aliphatic rings. The van der Waals surface area contributed by atoms with E-state index in [0.717, 1.165) is 24.4 Å². The van der Waals surface area contributed by atoms with Gasteiger partial charge in [0.1, 0.15) is 11.9 Å². The summed E-state index contributed by atoms with van der Waals surface area (Å²) in [7, 11) is 0. The van der Waals surface area contributed by atoms with Crippen molar-refractivity contribution in [2.75, 3.05) is 12.3 Å². The Morgan fingerprint density at radius 2 is 2.04 bits per heavy atom. The first kappa shape index (κ1) is 18.4. The van der Waals surface area contributed by atoms with E-state index >= 15 is 0 Å². The number of carbonyl (C=O) groups excluding carboxylic acids is 2. The standard InChI is InChI=1S/C18H23N5O2S/c1-3-19-17(25)12(2)20-15(24)11-26-18-21-16(13-9-10-13)23(22-18)14-7-5-4-6-8-14/h4-8,12-13H,3,9-11H2,1-2H3,(H,19,25)(H,20,24)/t12-/m1/s1. The predicted molar refractivity (Wildman–Crippen MR) is 100 cm³/mol. The molecule has 2 amide bonds. The molecule has 1 saturated carbocycles. The van der Waals surface area contributed by atoms with Crippen LogP contribution in [0.2, 0.25) is 0 Å². The van der Waals surface area contributed by atoms with Crippen LogP contribution in [0.4, 0.5) is 0 Å². The summed E-state index contributed by atoms with van der Waals surface area (Å²) in [4.78, 5) is 28.4. The highest BCUT2D eigenvalue weighted by Crippen LogP contribution is 2.40. The van der Waals surface area contributed by atoms with Crippen LogP contribution in [-0.2, 0) is 9.59 Å². The van der Waals surface area contributed by atoms with Gasteiger partial charge < -0.3 is 10.6 Å². The zero-order valence-corrected chi connectivity index (χ0v) is 15.8. The van der Waals surface area contributed by atoms with Gasteiger partial charge in [-0.25, -0.2) is 9.67 Å². The van der Waals surface area contributed by atoms with E-state index in [1.807, 2.05) is 41.9 Å². The van der Waals surface area contributed by atoms with E-state index in [-0.39, 0.29) is 17.6 Å². The number of hydrogen-bond donors (Lipinski definition) is 2. The first-order valence-corrected chi connectivity index (χ1v) is 9.79. The largest absolute Gasteiger partial charge is 0.355 e. The second-order valence-corrected chi connectivity index (χ2v) is 7.19. The van der Waals surface area contributed by atoms with E-state index in [1.165, 1.54) is 11.8 Å². The SMILES string of the molecule is CCNC(=O)[C@@H](C)NC(=O)CSc1nc(C2CC2)n(-c2ccccc2)n1. The minimum absolute atomic E-state index is 0.173. The van der Waals surface area contributed by atoms with Crippen LogP contribution in [0.25, 0.3) is 5.69 Å². The van der Waals surface area contributed by atoms with Crippen LogP contribution in [-0.4, -0.2) is 44.9 Å². The second-order valence-electron chi connectivity index (χ2n) is 6.25. The monoisotopic (exact) mass is 373 g/mol. The Labute approximate surface area is 157 Å². The van der Waals surface area contributed by atoms with E-state index in [2.05, 4.69) is 20.7 Å². The van der Waals surface area contributed by atoms with Crippen LogP contribution in [0.5, 0.6) is 0 Å². The summed E-state index contributed by atoms with van der Waals surface area (Å²) >= 11 is 1.28. The first-order chi connectivity index (χ1) is 12.6. The van der Waals surface area contributed by atoms with Gasteiger partial charge in [-0.3, -0.25) is 9.59 Å². The van der Waals surface area contributed by atoms with Crippen LogP contribution in [0, 0.1) is 0 Å². The quantitative estimate of drug-likeness (QED) is 0.690.